The number of nitrogens with zero attached hydrogens (tertiary/aromatic N) is 3. The van der Waals surface area contributed by atoms with E-state index in [0.717, 1.165) is 24.1 Å². The Kier molecular flexibility index (Phi) is 3.68. The number of halogens is 1. The highest BCUT2D eigenvalue weighted by Gasteiger charge is 2.31. The van der Waals surface area contributed by atoms with Crippen LogP contribution in [0, 0.1) is 11.3 Å². The normalized spacial score (nSPS) is 13.7. The molecule has 0 bridgehead atoms. The Labute approximate surface area is 128 Å². The van der Waals surface area contributed by atoms with E-state index in [4.69, 9.17) is 22.6 Å². The third kappa shape index (κ3) is 2.93. The van der Waals surface area contributed by atoms with Gasteiger partial charge < -0.3 is 10.6 Å². The van der Waals surface area contributed by atoms with Crippen molar-refractivity contribution in [2.75, 3.05) is 10.6 Å². The van der Waals surface area contributed by atoms with Gasteiger partial charge in [0.15, 0.2) is 0 Å². The van der Waals surface area contributed by atoms with Crippen LogP contribution in [0.1, 0.15) is 24.0 Å². The molecular formula is C16H15ClN4. The number of anilines is 2. The fourth-order valence-electron chi connectivity index (χ4n) is 2.30. The first-order chi connectivity index (χ1) is 10.2. The maximum Gasteiger partial charge on any atom is 0.149 e. The van der Waals surface area contributed by atoms with Crippen LogP contribution in [0.3, 0.4) is 0 Å². The van der Waals surface area contributed by atoms with E-state index in [1.54, 1.807) is 12.3 Å². The SMILES string of the molecule is N#Cc1ccnc(N(Cc2ccc(N)cc2)C2CC2)c1Cl. The Morgan fingerprint density at radius 2 is 2.00 bits per heavy atom. The summed E-state index contributed by atoms with van der Waals surface area (Å²) < 4.78 is 0. The molecular weight excluding hydrogens is 284 g/mol. The fourth-order valence-corrected chi connectivity index (χ4v) is 2.56. The van der Waals surface area contributed by atoms with E-state index in [2.05, 4.69) is 16.0 Å². The molecule has 1 fully saturated rings. The van der Waals surface area contributed by atoms with Crippen molar-refractivity contribution in [3.05, 3.63) is 52.7 Å². The van der Waals surface area contributed by atoms with Crippen LogP contribution in [-0.2, 0) is 6.54 Å². The molecule has 4 nitrogen and oxygen atoms in total. The highest BCUT2D eigenvalue weighted by Crippen LogP contribution is 2.36. The summed E-state index contributed by atoms with van der Waals surface area (Å²) >= 11 is 6.32. The Hall–Kier alpha value is -2.25. The smallest absolute Gasteiger partial charge is 0.149 e. The van der Waals surface area contributed by atoms with E-state index in [1.165, 1.54) is 0 Å². The van der Waals surface area contributed by atoms with Crippen LogP contribution in [0.5, 0.6) is 0 Å². The second-order valence-electron chi connectivity index (χ2n) is 5.21. The molecule has 0 unspecified atom stereocenters. The quantitative estimate of drug-likeness (QED) is 0.879. The van der Waals surface area contributed by atoms with Gasteiger partial charge in [0.1, 0.15) is 16.9 Å². The van der Waals surface area contributed by atoms with Gasteiger partial charge in [-0.1, -0.05) is 23.7 Å². The average Bonchev–Trinajstić information content (AvgIpc) is 3.32. The van der Waals surface area contributed by atoms with Crippen molar-refractivity contribution in [1.29, 1.82) is 5.26 Å². The average molecular weight is 299 g/mol. The molecule has 1 saturated carbocycles. The first kappa shape index (κ1) is 13.7. The van der Waals surface area contributed by atoms with E-state index in [0.29, 0.717) is 29.0 Å². The number of nitrogen functional groups attached to an aromatic ring is 1. The van der Waals surface area contributed by atoms with E-state index < -0.39 is 0 Å². The maximum absolute atomic E-state index is 9.10. The minimum Gasteiger partial charge on any atom is -0.399 e. The van der Waals surface area contributed by atoms with Crippen molar-refractivity contribution >= 4 is 23.1 Å². The zero-order valence-corrected chi connectivity index (χ0v) is 12.2. The molecule has 0 spiro atoms. The maximum atomic E-state index is 9.10. The van der Waals surface area contributed by atoms with E-state index in [-0.39, 0.29) is 0 Å². The molecule has 21 heavy (non-hydrogen) atoms. The van der Waals surface area contributed by atoms with Gasteiger partial charge in [-0.2, -0.15) is 5.26 Å². The van der Waals surface area contributed by atoms with Crippen molar-refractivity contribution in [2.45, 2.75) is 25.4 Å². The molecule has 106 valence electrons. The molecule has 2 N–H and O–H groups in total. The molecule has 1 heterocycles. The first-order valence-corrected chi connectivity index (χ1v) is 7.22. The standard InChI is InChI=1S/C16H15ClN4/c17-15-12(9-18)7-8-20-16(15)21(14-5-6-14)10-11-1-3-13(19)4-2-11/h1-4,7-8,14H,5-6,10,19H2. The molecule has 0 radical (unpaired) electrons. The largest absolute Gasteiger partial charge is 0.399 e. The lowest BCUT2D eigenvalue weighted by Crippen LogP contribution is -2.26. The number of pyridine rings is 1. The fraction of sp³-hybridized carbons (Fsp3) is 0.250. The summed E-state index contributed by atoms with van der Waals surface area (Å²) in [5.74, 6) is 0.690. The molecule has 1 aliphatic rings. The number of aromatic nitrogens is 1. The lowest BCUT2D eigenvalue weighted by Gasteiger charge is -2.25. The predicted octanol–water partition coefficient (Wildman–Crippen LogP) is 3.36. The monoisotopic (exact) mass is 298 g/mol. The summed E-state index contributed by atoms with van der Waals surface area (Å²) in [5, 5.41) is 9.54. The van der Waals surface area contributed by atoms with Gasteiger partial charge in [0.2, 0.25) is 0 Å². The van der Waals surface area contributed by atoms with Gasteiger partial charge in [-0.15, -0.1) is 0 Å². The van der Waals surface area contributed by atoms with Gasteiger partial charge in [-0.05, 0) is 36.6 Å². The van der Waals surface area contributed by atoms with Crippen molar-refractivity contribution in [3.8, 4) is 6.07 Å². The van der Waals surface area contributed by atoms with Crippen molar-refractivity contribution in [2.24, 2.45) is 0 Å². The van der Waals surface area contributed by atoms with E-state index in [1.807, 2.05) is 24.3 Å². The Balaban J connectivity index is 1.92. The van der Waals surface area contributed by atoms with Gasteiger partial charge in [-0.3, -0.25) is 0 Å². The van der Waals surface area contributed by atoms with Crippen LogP contribution in [0.15, 0.2) is 36.5 Å². The number of hydrogen-bond donors (Lipinski definition) is 1. The summed E-state index contributed by atoms with van der Waals surface area (Å²) in [6.07, 6.45) is 3.89. The van der Waals surface area contributed by atoms with Crippen LogP contribution in [0.2, 0.25) is 5.02 Å². The summed E-state index contributed by atoms with van der Waals surface area (Å²) in [5.41, 5.74) is 8.08. The molecule has 3 rings (SSSR count). The Bertz CT molecular complexity index is 686. The van der Waals surface area contributed by atoms with Crippen LogP contribution in [0.4, 0.5) is 11.5 Å². The highest BCUT2D eigenvalue weighted by atomic mass is 35.5. The van der Waals surface area contributed by atoms with Gasteiger partial charge in [0.05, 0.1) is 5.56 Å². The highest BCUT2D eigenvalue weighted by molar-refractivity contribution is 6.34. The number of benzene rings is 1. The topological polar surface area (TPSA) is 65.9 Å². The molecule has 0 atom stereocenters. The minimum atomic E-state index is 0.433. The van der Waals surface area contributed by atoms with E-state index in [9.17, 15) is 0 Å². The summed E-state index contributed by atoms with van der Waals surface area (Å²) in [6.45, 7) is 0.715. The van der Waals surface area contributed by atoms with Crippen molar-refractivity contribution in [3.63, 3.8) is 0 Å². The zero-order chi connectivity index (χ0) is 14.8. The van der Waals surface area contributed by atoms with Gasteiger partial charge in [0, 0.05) is 24.5 Å². The molecule has 1 aliphatic carbocycles. The first-order valence-electron chi connectivity index (χ1n) is 6.84. The number of nitriles is 1. The zero-order valence-electron chi connectivity index (χ0n) is 11.5. The number of hydrogen-bond acceptors (Lipinski definition) is 4. The molecule has 0 amide bonds. The Morgan fingerprint density at radius 3 is 2.62 bits per heavy atom. The molecule has 5 heteroatoms. The lowest BCUT2D eigenvalue weighted by molar-refractivity contribution is 0.778. The van der Waals surface area contributed by atoms with Gasteiger partial charge >= 0.3 is 0 Å². The minimum absolute atomic E-state index is 0.433. The molecule has 2 aromatic rings. The van der Waals surface area contributed by atoms with Crippen molar-refractivity contribution in [1.82, 2.24) is 4.98 Å². The van der Waals surface area contributed by atoms with Crippen molar-refractivity contribution < 1.29 is 0 Å². The van der Waals surface area contributed by atoms with Crippen LogP contribution in [0.25, 0.3) is 0 Å². The summed E-state index contributed by atoms with van der Waals surface area (Å²) in [6, 6.07) is 12.0. The molecule has 1 aromatic heterocycles. The third-order valence-electron chi connectivity index (χ3n) is 3.58. The van der Waals surface area contributed by atoms with E-state index >= 15 is 0 Å². The Morgan fingerprint density at radius 1 is 1.29 bits per heavy atom. The van der Waals surface area contributed by atoms with Gasteiger partial charge in [0.25, 0.3) is 0 Å². The van der Waals surface area contributed by atoms with Crippen LogP contribution >= 0.6 is 11.6 Å². The molecule has 0 aliphatic heterocycles. The second kappa shape index (κ2) is 5.63. The van der Waals surface area contributed by atoms with Crippen LogP contribution in [-0.4, -0.2) is 11.0 Å². The number of nitrogens with two attached hydrogens (primary N) is 1. The third-order valence-corrected chi connectivity index (χ3v) is 3.96. The summed E-state index contributed by atoms with van der Waals surface area (Å²) in [7, 11) is 0. The van der Waals surface area contributed by atoms with Crippen LogP contribution < -0.4 is 10.6 Å². The lowest BCUT2D eigenvalue weighted by atomic mass is 10.2. The molecule has 0 saturated heterocycles. The molecule has 1 aromatic carbocycles. The van der Waals surface area contributed by atoms with Gasteiger partial charge in [-0.25, -0.2) is 4.98 Å². The number of rotatable bonds is 4. The summed E-state index contributed by atoms with van der Waals surface area (Å²) in [4.78, 5) is 6.56. The second-order valence-corrected chi connectivity index (χ2v) is 5.59. The predicted molar refractivity (Wildman–Crippen MR) is 84.0 cm³/mol.